The zero-order valence-electron chi connectivity index (χ0n) is 10.7. The van der Waals surface area contributed by atoms with Crippen LogP contribution < -0.4 is 4.90 Å². The second kappa shape index (κ2) is 5.37. The first-order chi connectivity index (χ1) is 8.72. The zero-order chi connectivity index (χ0) is 13.0. The van der Waals surface area contributed by atoms with Gasteiger partial charge in [0.2, 0.25) is 0 Å². The molecule has 0 aromatic heterocycles. The van der Waals surface area contributed by atoms with E-state index in [1.165, 1.54) is 5.56 Å². The van der Waals surface area contributed by atoms with E-state index in [-0.39, 0.29) is 6.04 Å². The van der Waals surface area contributed by atoms with Crippen LogP contribution in [-0.4, -0.2) is 7.05 Å². The van der Waals surface area contributed by atoms with Crippen LogP contribution >= 0.6 is 0 Å². The SMILES string of the molecule is CC(c1ccccc1)N(C)c1cccc(C#N)c1. The lowest BCUT2D eigenvalue weighted by Crippen LogP contribution is -2.21. The van der Waals surface area contributed by atoms with Crippen molar-refractivity contribution in [3.8, 4) is 6.07 Å². The molecule has 0 amide bonds. The summed E-state index contributed by atoms with van der Waals surface area (Å²) >= 11 is 0. The van der Waals surface area contributed by atoms with Gasteiger partial charge in [-0.25, -0.2) is 0 Å². The van der Waals surface area contributed by atoms with Crippen LogP contribution in [0.2, 0.25) is 0 Å². The summed E-state index contributed by atoms with van der Waals surface area (Å²) in [5.41, 5.74) is 3.02. The highest BCUT2D eigenvalue weighted by atomic mass is 15.1. The van der Waals surface area contributed by atoms with Gasteiger partial charge >= 0.3 is 0 Å². The summed E-state index contributed by atoms with van der Waals surface area (Å²) in [5, 5.41) is 8.93. The minimum atomic E-state index is 0.278. The van der Waals surface area contributed by atoms with Crippen molar-refractivity contribution < 1.29 is 0 Å². The van der Waals surface area contributed by atoms with Gasteiger partial charge in [0.1, 0.15) is 0 Å². The standard InChI is InChI=1S/C16H16N2/c1-13(15-8-4-3-5-9-15)18(2)16-10-6-7-14(11-16)12-17/h3-11,13H,1-2H3. The van der Waals surface area contributed by atoms with E-state index in [4.69, 9.17) is 5.26 Å². The fourth-order valence-corrected chi connectivity index (χ4v) is 1.97. The lowest BCUT2D eigenvalue weighted by atomic mass is 10.1. The number of hydrogen-bond donors (Lipinski definition) is 0. The van der Waals surface area contributed by atoms with Crippen LogP contribution in [0, 0.1) is 11.3 Å². The molecule has 90 valence electrons. The molecule has 2 heteroatoms. The topological polar surface area (TPSA) is 27.0 Å². The van der Waals surface area contributed by atoms with Crippen molar-refractivity contribution in [2.75, 3.05) is 11.9 Å². The van der Waals surface area contributed by atoms with Crippen molar-refractivity contribution in [3.63, 3.8) is 0 Å². The Morgan fingerprint density at radius 2 is 1.78 bits per heavy atom. The summed E-state index contributed by atoms with van der Waals surface area (Å²) in [6.07, 6.45) is 0. The average molecular weight is 236 g/mol. The number of rotatable bonds is 3. The van der Waals surface area contributed by atoms with Crippen LogP contribution in [0.15, 0.2) is 54.6 Å². The largest absolute Gasteiger partial charge is 0.368 e. The first kappa shape index (κ1) is 12.2. The second-order valence-corrected chi connectivity index (χ2v) is 4.36. The van der Waals surface area contributed by atoms with Crippen molar-refractivity contribution in [2.24, 2.45) is 0 Å². The molecule has 2 nitrogen and oxygen atoms in total. The molecule has 1 atom stereocenters. The van der Waals surface area contributed by atoms with E-state index < -0.39 is 0 Å². The van der Waals surface area contributed by atoms with E-state index in [1.807, 2.05) is 49.5 Å². The molecule has 0 spiro atoms. The van der Waals surface area contributed by atoms with E-state index >= 15 is 0 Å². The number of anilines is 1. The summed E-state index contributed by atoms with van der Waals surface area (Å²) in [7, 11) is 2.05. The highest BCUT2D eigenvalue weighted by Crippen LogP contribution is 2.25. The van der Waals surface area contributed by atoms with Gasteiger partial charge < -0.3 is 4.90 Å². The lowest BCUT2D eigenvalue weighted by molar-refractivity contribution is 0.740. The highest BCUT2D eigenvalue weighted by molar-refractivity contribution is 5.52. The molecule has 0 N–H and O–H groups in total. The summed E-state index contributed by atoms with van der Waals surface area (Å²) < 4.78 is 0. The Hall–Kier alpha value is -2.27. The molecule has 1 unspecified atom stereocenters. The Kier molecular flexibility index (Phi) is 3.64. The molecule has 2 aromatic rings. The van der Waals surface area contributed by atoms with Crippen molar-refractivity contribution in [2.45, 2.75) is 13.0 Å². The maximum Gasteiger partial charge on any atom is 0.0992 e. The second-order valence-electron chi connectivity index (χ2n) is 4.36. The Morgan fingerprint density at radius 3 is 2.44 bits per heavy atom. The molecule has 18 heavy (non-hydrogen) atoms. The van der Waals surface area contributed by atoms with E-state index in [0.29, 0.717) is 5.56 Å². The smallest absolute Gasteiger partial charge is 0.0992 e. The first-order valence-corrected chi connectivity index (χ1v) is 6.00. The van der Waals surface area contributed by atoms with E-state index in [9.17, 15) is 0 Å². The van der Waals surface area contributed by atoms with Gasteiger partial charge in [-0.05, 0) is 30.7 Å². The molecule has 0 aliphatic heterocycles. The molecule has 0 bridgehead atoms. The third-order valence-electron chi connectivity index (χ3n) is 3.25. The summed E-state index contributed by atoms with van der Waals surface area (Å²) in [6.45, 7) is 2.16. The Morgan fingerprint density at radius 1 is 1.06 bits per heavy atom. The molecule has 0 fully saturated rings. The van der Waals surface area contributed by atoms with Crippen LogP contribution in [0.1, 0.15) is 24.1 Å². The predicted octanol–water partition coefficient (Wildman–Crippen LogP) is 3.76. The van der Waals surface area contributed by atoms with Gasteiger partial charge in [-0.15, -0.1) is 0 Å². The molecule has 0 radical (unpaired) electrons. The van der Waals surface area contributed by atoms with E-state index in [2.05, 4.69) is 30.0 Å². The van der Waals surface area contributed by atoms with Crippen molar-refractivity contribution in [3.05, 3.63) is 65.7 Å². The summed E-state index contributed by atoms with van der Waals surface area (Å²) in [5.74, 6) is 0. The fraction of sp³-hybridized carbons (Fsp3) is 0.188. The summed E-state index contributed by atoms with van der Waals surface area (Å²) in [6, 6.07) is 20.5. The van der Waals surface area contributed by atoms with Gasteiger partial charge in [0, 0.05) is 12.7 Å². The minimum absolute atomic E-state index is 0.278. The fourth-order valence-electron chi connectivity index (χ4n) is 1.97. The average Bonchev–Trinajstić information content (AvgIpc) is 2.46. The van der Waals surface area contributed by atoms with Gasteiger partial charge in [0.15, 0.2) is 0 Å². The maximum atomic E-state index is 8.93. The molecule has 0 aliphatic rings. The molecule has 2 aromatic carbocycles. The quantitative estimate of drug-likeness (QED) is 0.811. The zero-order valence-corrected chi connectivity index (χ0v) is 10.7. The molecular weight excluding hydrogens is 220 g/mol. The minimum Gasteiger partial charge on any atom is -0.368 e. The third kappa shape index (κ3) is 2.52. The molecular formula is C16H16N2. The first-order valence-electron chi connectivity index (χ1n) is 6.00. The number of hydrogen-bond acceptors (Lipinski definition) is 2. The molecule has 0 aliphatic carbocycles. The third-order valence-corrected chi connectivity index (χ3v) is 3.25. The van der Waals surface area contributed by atoms with Crippen molar-refractivity contribution in [1.29, 1.82) is 5.26 Å². The number of benzene rings is 2. The number of nitriles is 1. The highest BCUT2D eigenvalue weighted by Gasteiger charge is 2.11. The van der Waals surface area contributed by atoms with Crippen molar-refractivity contribution >= 4 is 5.69 Å². The van der Waals surface area contributed by atoms with Crippen molar-refractivity contribution in [1.82, 2.24) is 0 Å². The van der Waals surface area contributed by atoms with Crippen LogP contribution in [-0.2, 0) is 0 Å². The van der Waals surface area contributed by atoms with E-state index in [1.54, 1.807) is 0 Å². The van der Waals surface area contributed by atoms with Gasteiger partial charge in [0.05, 0.1) is 17.7 Å². The summed E-state index contributed by atoms with van der Waals surface area (Å²) in [4.78, 5) is 2.18. The predicted molar refractivity (Wildman–Crippen MR) is 74.4 cm³/mol. The Balaban J connectivity index is 2.26. The van der Waals surface area contributed by atoms with Gasteiger partial charge in [-0.2, -0.15) is 5.26 Å². The van der Waals surface area contributed by atoms with Crippen LogP contribution in [0.25, 0.3) is 0 Å². The van der Waals surface area contributed by atoms with Gasteiger partial charge in [0.25, 0.3) is 0 Å². The van der Waals surface area contributed by atoms with Crippen LogP contribution in [0.4, 0.5) is 5.69 Å². The molecule has 0 saturated heterocycles. The van der Waals surface area contributed by atoms with Crippen LogP contribution in [0.3, 0.4) is 0 Å². The molecule has 0 heterocycles. The Labute approximate surface area is 108 Å². The van der Waals surface area contributed by atoms with Gasteiger partial charge in [-0.1, -0.05) is 36.4 Å². The van der Waals surface area contributed by atoms with Gasteiger partial charge in [-0.3, -0.25) is 0 Å². The van der Waals surface area contributed by atoms with E-state index in [0.717, 1.165) is 5.69 Å². The molecule has 0 saturated carbocycles. The molecule has 2 rings (SSSR count). The maximum absolute atomic E-state index is 8.93. The number of nitrogens with zero attached hydrogens (tertiary/aromatic N) is 2. The normalized spacial score (nSPS) is 11.6. The monoisotopic (exact) mass is 236 g/mol. The lowest BCUT2D eigenvalue weighted by Gasteiger charge is -2.27. The van der Waals surface area contributed by atoms with Crippen LogP contribution in [0.5, 0.6) is 0 Å². The Bertz CT molecular complexity index is 555.